The molecule has 2 rings (SSSR count). The van der Waals surface area contributed by atoms with Gasteiger partial charge >= 0.3 is 0 Å². The van der Waals surface area contributed by atoms with E-state index >= 15 is 0 Å². The van der Waals surface area contributed by atoms with Crippen LogP contribution in [-0.4, -0.2) is 15.7 Å². The minimum atomic E-state index is -1.90. The largest absolute Gasteiger partial charge is 0.305 e. The Morgan fingerprint density at radius 3 is 2.62 bits per heavy atom. The second kappa shape index (κ2) is 4.10. The third-order valence-electron chi connectivity index (χ3n) is 2.67. The van der Waals surface area contributed by atoms with Gasteiger partial charge in [0.25, 0.3) is 9.70 Å². The predicted molar refractivity (Wildman–Crippen MR) is 67.4 cm³/mol. The van der Waals surface area contributed by atoms with Crippen LogP contribution in [0.25, 0.3) is 0 Å². The lowest BCUT2D eigenvalue weighted by molar-refractivity contribution is -0.118. The Bertz CT molecular complexity index is 427. The minimum Gasteiger partial charge on any atom is -0.305 e. The fourth-order valence-corrected chi connectivity index (χ4v) is 2.28. The van der Waals surface area contributed by atoms with Crippen molar-refractivity contribution >= 4 is 46.4 Å². The van der Waals surface area contributed by atoms with Crippen molar-refractivity contribution in [1.29, 1.82) is 0 Å². The van der Waals surface area contributed by atoms with Crippen LogP contribution in [0.1, 0.15) is 12.5 Å². The van der Waals surface area contributed by atoms with Crippen LogP contribution in [0.4, 0.5) is 5.69 Å². The first-order chi connectivity index (χ1) is 7.41. The van der Waals surface area contributed by atoms with E-state index in [1.54, 1.807) is 4.90 Å². The number of alkyl halides is 3. The molecular weight excluding hydrogens is 268 g/mol. The van der Waals surface area contributed by atoms with E-state index in [-0.39, 0.29) is 6.04 Å². The molecule has 0 saturated heterocycles. The van der Waals surface area contributed by atoms with E-state index in [0.29, 0.717) is 0 Å². The summed E-state index contributed by atoms with van der Waals surface area (Å²) in [5, 5.41) is 0. The number of carbonyl (C=O) groups excluding carboxylic acids is 1. The summed E-state index contributed by atoms with van der Waals surface area (Å²) in [5.41, 5.74) is 1.95. The summed E-state index contributed by atoms with van der Waals surface area (Å²) in [6, 6.07) is 7.69. The van der Waals surface area contributed by atoms with E-state index in [9.17, 15) is 4.79 Å². The number of rotatable bonds is 0. The van der Waals surface area contributed by atoms with Gasteiger partial charge in [-0.15, -0.1) is 0 Å². The van der Waals surface area contributed by atoms with Crippen LogP contribution >= 0.6 is 34.8 Å². The molecule has 16 heavy (non-hydrogen) atoms. The number of benzene rings is 1. The molecule has 0 radical (unpaired) electrons. The molecule has 1 aliphatic rings. The third kappa shape index (κ3) is 2.02. The van der Waals surface area contributed by atoms with E-state index in [2.05, 4.69) is 0 Å². The number of hydrogen-bond donors (Lipinski definition) is 0. The van der Waals surface area contributed by atoms with E-state index in [0.717, 1.165) is 17.7 Å². The zero-order valence-corrected chi connectivity index (χ0v) is 10.9. The van der Waals surface area contributed by atoms with Gasteiger partial charge in [-0.25, -0.2) is 0 Å². The van der Waals surface area contributed by atoms with Crippen LogP contribution in [0.3, 0.4) is 0 Å². The van der Waals surface area contributed by atoms with Crippen LogP contribution < -0.4 is 4.90 Å². The molecule has 1 amide bonds. The second-order valence-electron chi connectivity index (χ2n) is 3.85. The molecule has 0 aliphatic carbocycles. The lowest BCUT2D eigenvalue weighted by atomic mass is 10.1. The highest BCUT2D eigenvalue weighted by atomic mass is 35.6. The maximum absolute atomic E-state index is 12.0. The molecule has 1 unspecified atom stereocenters. The maximum Gasteiger partial charge on any atom is 0.279 e. The smallest absolute Gasteiger partial charge is 0.279 e. The minimum absolute atomic E-state index is 0.0283. The molecule has 1 aromatic rings. The zero-order chi connectivity index (χ0) is 11.9. The van der Waals surface area contributed by atoms with E-state index in [4.69, 9.17) is 34.8 Å². The number of amides is 1. The molecule has 0 fully saturated rings. The average molecular weight is 279 g/mol. The summed E-state index contributed by atoms with van der Waals surface area (Å²) in [5.74, 6) is -0.491. The number of anilines is 1. The molecule has 1 heterocycles. The quantitative estimate of drug-likeness (QED) is 0.667. The SMILES string of the molecule is CC1Cc2ccccc2N1C(=O)C(Cl)(Cl)Cl. The first kappa shape index (κ1) is 12.0. The zero-order valence-electron chi connectivity index (χ0n) is 8.58. The van der Waals surface area contributed by atoms with Gasteiger partial charge in [-0.1, -0.05) is 53.0 Å². The van der Waals surface area contributed by atoms with E-state index < -0.39 is 9.70 Å². The van der Waals surface area contributed by atoms with Crippen molar-refractivity contribution in [2.45, 2.75) is 23.2 Å². The summed E-state index contributed by atoms with van der Waals surface area (Å²) < 4.78 is -1.90. The van der Waals surface area contributed by atoms with Crippen molar-refractivity contribution in [2.24, 2.45) is 0 Å². The van der Waals surface area contributed by atoms with Crippen molar-refractivity contribution in [1.82, 2.24) is 0 Å². The topological polar surface area (TPSA) is 20.3 Å². The van der Waals surface area contributed by atoms with E-state index in [1.807, 2.05) is 31.2 Å². The number of para-hydroxylation sites is 1. The average Bonchev–Trinajstić information content (AvgIpc) is 2.51. The Balaban J connectivity index is 2.40. The fraction of sp³-hybridized carbons (Fsp3) is 0.364. The Hall–Kier alpha value is -0.440. The lowest BCUT2D eigenvalue weighted by Gasteiger charge is -2.25. The Morgan fingerprint density at radius 1 is 1.38 bits per heavy atom. The van der Waals surface area contributed by atoms with Crippen LogP contribution in [0.2, 0.25) is 0 Å². The number of hydrogen-bond acceptors (Lipinski definition) is 1. The number of carbonyl (C=O) groups is 1. The van der Waals surface area contributed by atoms with Crippen LogP contribution in [0.15, 0.2) is 24.3 Å². The van der Waals surface area contributed by atoms with Gasteiger partial charge in [0.2, 0.25) is 0 Å². The molecule has 1 aromatic carbocycles. The van der Waals surface area contributed by atoms with Gasteiger partial charge in [0.05, 0.1) is 0 Å². The molecule has 0 bridgehead atoms. The molecule has 86 valence electrons. The van der Waals surface area contributed by atoms with Crippen molar-refractivity contribution in [3.8, 4) is 0 Å². The van der Waals surface area contributed by atoms with Crippen molar-refractivity contribution in [2.75, 3.05) is 4.90 Å². The molecule has 5 heteroatoms. The molecule has 0 N–H and O–H groups in total. The second-order valence-corrected chi connectivity index (χ2v) is 6.14. The molecule has 0 saturated carbocycles. The van der Waals surface area contributed by atoms with Gasteiger partial charge in [0.1, 0.15) is 0 Å². The maximum atomic E-state index is 12.0. The highest BCUT2D eigenvalue weighted by Gasteiger charge is 2.41. The molecule has 0 spiro atoms. The van der Waals surface area contributed by atoms with Crippen LogP contribution in [-0.2, 0) is 11.2 Å². The van der Waals surface area contributed by atoms with Crippen molar-refractivity contribution in [3.05, 3.63) is 29.8 Å². The molecule has 2 nitrogen and oxygen atoms in total. The predicted octanol–water partition coefficient (Wildman–Crippen LogP) is 3.33. The highest BCUT2D eigenvalue weighted by molar-refractivity contribution is 6.77. The standard InChI is InChI=1S/C11H10Cl3NO/c1-7-6-8-4-2-3-5-9(8)15(7)10(16)11(12,13)14/h2-5,7H,6H2,1H3. The molecular formula is C11H10Cl3NO. The summed E-state index contributed by atoms with van der Waals surface area (Å²) in [6.07, 6.45) is 0.794. The first-order valence-corrected chi connectivity index (χ1v) is 6.03. The summed E-state index contributed by atoms with van der Waals surface area (Å²) in [6.45, 7) is 1.94. The fourth-order valence-electron chi connectivity index (χ4n) is 2.01. The van der Waals surface area contributed by atoms with Crippen molar-refractivity contribution in [3.63, 3.8) is 0 Å². The molecule has 0 aromatic heterocycles. The van der Waals surface area contributed by atoms with E-state index in [1.165, 1.54) is 0 Å². The number of fused-ring (bicyclic) bond motifs is 1. The third-order valence-corrected chi connectivity index (χ3v) is 3.15. The summed E-state index contributed by atoms with van der Waals surface area (Å²) in [4.78, 5) is 13.5. The summed E-state index contributed by atoms with van der Waals surface area (Å²) >= 11 is 16.9. The van der Waals surface area contributed by atoms with Crippen LogP contribution in [0, 0.1) is 0 Å². The van der Waals surface area contributed by atoms with Gasteiger partial charge in [-0.05, 0) is 25.0 Å². The Kier molecular flexibility index (Phi) is 3.08. The summed E-state index contributed by atoms with van der Waals surface area (Å²) in [7, 11) is 0. The number of halogens is 3. The lowest BCUT2D eigenvalue weighted by Crippen LogP contribution is -2.42. The normalized spacial score (nSPS) is 19.8. The van der Waals surface area contributed by atoms with Gasteiger partial charge in [-0.2, -0.15) is 0 Å². The Morgan fingerprint density at radius 2 is 2.00 bits per heavy atom. The monoisotopic (exact) mass is 277 g/mol. The van der Waals surface area contributed by atoms with Gasteiger partial charge in [0.15, 0.2) is 0 Å². The van der Waals surface area contributed by atoms with Gasteiger partial charge in [-0.3, -0.25) is 4.79 Å². The highest BCUT2D eigenvalue weighted by Crippen LogP contribution is 2.37. The first-order valence-electron chi connectivity index (χ1n) is 4.89. The van der Waals surface area contributed by atoms with Crippen molar-refractivity contribution < 1.29 is 4.79 Å². The van der Waals surface area contributed by atoms with Gasteiger partial charge < -0.3 is 4.90 Å². The van der Waals surface area contributed by atoms with Crippen LogP contribution in [0.5, 0.6) is 0 Å². The molecule has 1 atom stereocenters. The molecule has 1 aliphatic heterocycles. The van der Waals surface area contributed by atoms with Gasteiger partial charge in [0, 0.05) is 11.7 Å². The number of nitrogens with zero attached hydrogens (tertiary/aromatic N) is 1. The Labute approximate surface area is 109 Å².